The predicted molar refractivity (Wildman–Crippen MR) is 88.5 cm³/mol. The van der Waals surface area contributed by atoms with Crippen LogP contribution in [0.1, 0.15) is 56.8 Å². The zero-order chi connectivity index (χ0) is 17.8. The van der Waals surface area contributed by atoms with Crippen molar-refractivity contribution in [2.24, 2.45) is 0 Å². The Bertz CT molecular complexity index is 822. The van der Waals surface area contributed by atoms with Crippen molar-refractivity contribution in [1.82, 2.24) is 0 Å². The summed E-state index contributed by atoms with van der Waals surface area (Å²) in [5.41, 5.74) is 2.63. The third-order valence-electron chi connectivity index (χ3n) is 4.48. The van der Waals surface area contributed by atoms with E-state index >= 15 is 0 Å². The van der Waals surface area contributed by atoms with E-state index in [1.54, 1.807) is 0 Å². The smallest absolute Gasteiger partial charge is 0.339 e. The van der Waals surface area contributed by atoms with Gasteiger partial charge in [-0.05, 0) is 37.1 Å². The van der Waals surface area contributed by atoms with Crippen molar-refractivity contribution in [2.75, 3.05) is 0 Å². The molecule has 24 heavy (non-hydrogen) atoms. The highest BCUT2D eigenvalue weighted by molar-refractivity contribution is 5.95. The Morgan fingerprint density at radius 3 is 1.54 bits per heavy atom. The average molecular weight is 326 g/mol. The molecule has 5 heteroatoms. The van der Waals surface area contributed by atoms with Crippen LogP contribution in [-0.2, 0) is 5.41 Å². The van der Waals surface area contributed by atoms with Crippen molar-refractivity contribution in [3.8, 4) is 11.5 Å². The maximum absolute atomic E-state index is 11.6. The van der Waals surface area contributed by atoms with E-state index in [-0.39, 0.29) is 22.6 Å². The van der Waals surface area contributed by atoms with Crippen LogP contribution in [-0.4, -0.2) is 22.2 Å². The highest BCUT2D eigenvalue weighted by Gasteiger charge is 2.39. The minimum Gasteiger partial charge on any atom is -0.478 e. The van der Waals surface area contributed by atoms with Crippen LogP contribution in [0.5, 0.6) is 11.5 Å². The van der Waals surface area contributed by atoms with Crippen LogP contribution in [0.25, 0.3) is 0 Å². The molecule has 2 N–H and O–H groups in total. The summed E-state index contributed by atoms with van der Waals surface area (Å²) in [6.07, 6.45) is 0. The lowest BCUT2D eigenvalue weighted by molar-refractivity contribution is 0.0687. The van der Waals surface area contributed by atoms with Gasteiger partial charge in [0.05, 0.1) is 0 Å². The molecular weight excluding hydrogens is 308 g/mol. The molecule has 2 aromatic carbocycles. The van der Waals surface area contributed by atoms with Crippen LogP contribution in [0.3, 0.4) is 0 Å². The fourth-order valence-electron chi connectivity index (χ4n) is 3.26. The monoisotopic (exact) mass is 326 g/mol. The average Bonchev–Trinajstić information content (AvgIpc) is 2.47. The van der Waals surface area contributed by atoms with Crippen molar-refractivity contribution in [3.63, 3.8) is 0 Å². The Morgan fingerprint density at radius 1 is 0.833 bits per heavy atom. The Morgan fingerprint density at radius 2 is 1.21 bits per heavy atom. The number of carboxylic acid groups (broad SMARTS) is 2. The molecule has 2 aromatic rings. The molecule has 3 rings (SSSR count). The zero-order valence-corrected chi connectivity index (χ0v) is 13.9. The summed E-state index contributed by atoms with van der Waals surface area (Å²) < 4.78 is 5.85. The number of fused-ring (bicyclic) bond motifs is 2. The summed E-state index contributed by atoms with van der Waals surface area (Å²) in [7, 11) is 0. The molecule has 0 fully saturated rings. The summed E-state index contributed by atoms with van der Waals surface area (Å²) >= 11 is 0. The minimum atomic E-state index is -1.10. The minimum absolute atomic E-state index is 0.0423. The van der Waals surface area contributed by atoms with Gasteiger partial charge in [-0.3, -0.25) is 0 Å². The molecule has 0 bridgehead atoms. The fourth-order valence-corrected chi connectivity index (χ4v) is 3.26. The summed E-state index contributed by atoms with van der Waals surface area (Å²) in [4.78, 5) is 23.2. The first-order valence-corrected chi connectivity index (χ1v) is 7.57. The molecule has 0 aromatic heterocycles. The van der Waals surface area contributed by atoms with Gasteiger partial charge in [-0.25, -0.2) is 9.59 Å². The van der Waals surface area contributed by atoms with E-state index in [9.17, 15) is 19.8 Å². The van der Waals surface area contributed by atoms with Crippen LogP contribution < -0.4 is 4.74 Å². The van der Waals surface area contributed by atoms with Crippen LogP contribution in [0.15, 0.2) is 24.3 Å². The first kappa shape index (κ1) is 16.1. The molecule has 1 aliphatic heterocycles. The van der Waals surface area contributed by atoms with Gasteiger partial charge in [0.2, 0.25) is 0 Å². The number of benzene rings is 2. The molecule has 0 amide bonds. The zero-order valence-electron chi connectivity index (χ0n) is 13.9. The van der Waals surface area contributed by atoms with Gasteiger partial charge in [-0.1, -0.05) is 26.0 Å². The Kier molecular flexibility index (Phi) is 3.41. The van der Waals surface area contributed by atoms with E-state index in [0.29, 0.717) is 0 Å². The molecule has 0 atom stereocenters. The van der Waals surface area contributed by atoms with Gasteiger partial charge < -0.3 is 14.9 Å². The molecular formula is C19H18O5. The standard InChI is InChI=1S/C19H18O5/c1-9-5-11(17(20)21)15-13(7-9)19(3,4)14-8-10(2)6-12(18(22)23)16(14)24-15/h5-8H,1-4H3,(H,20,21)(H,22,23). The lowest BCUT2D eigenvalue weighted by Crippen LogP contribution is -2.27. The molecule has 1 aliphatic rings. The van der Waals surface area contributed by atoms with E-state index in [4.69, 9.17) is 4.74 Å². The van der Waals surface area contributed by atoms with Crippen LogP contribution in [0.4, 0.5) is 0 Å². The molecule has 0 aliphatic carbocycles. The highest BCUT2D eigenvalue weighted by atomic mass is 16.5. The van der Waals surface area contributed by atoms with E-state index in [1.807, 2.05) is 39.8 Å². The van der Waals surface area contributed by atoms with Crippen molar-refractivity contribution >= 4 is 11.9 Å². The van der Waals surface area contributed by atoms with E-state index < -0.39 is 17.4 Å². The lowest BCUT2D eigenvalue weighted by atomic mass is 9.73. The fraction of sp³-hybridized carbons (Fsp3) is 0.263. The summed E-state index contributed by atoms with van der Waals surface area (Å²) in [5, 5.41) is 19.0. The molecule has 0 saturated heterocycles. The number of hydrogen-bond acceptors (Lipinski definition) is 3. The van der Waals surface area contributed by atoms with E-state index in [2.05, 4.69) is 0 Å². The molecule has 0 spiro atoms. The van der Waals surface area contributed by atoms with Gasteiger partial charge in [0.15, 0.2) is 0 Å². The largest absolute Gasteiger partial charge is 0.478 e. The van der Waals surface area contributed by atoms with Gasteiger partial charge in [-0.2, -0.15) is 0 Å². The predicted octanol–water partition coefficient (Wildman–Crippen LogP) is 4.13. The van der Waals surface area contributed by atoms with Crippen molar-refractivity contribution in [3.05, 3.63) is 57.6 Å². The quantitative estimate of drug-likeness (QED) is 0.867. The summed E-state index contributed by atoms with van der Waals surface area (Å²) in [5.74, 6) is -1.76. The van der Waals surface area contributed by atoms with E-state index in [1.165, 1.54) is 12.1 Å². The second-order valence-electron chi connectivity index (χ2n) is 6.72. The number of ether oxygens (including phenoxy) is 1. The van der Waals surface area contributed by atoms with E-state index in [0.717, 1.165) is 22.3 Å². The molecule has 0 radical (unpaired) electrons. The normalized spacial score (nSPS) is 14.3. The van der Waals surface area contributed by atoms with Crippen molar-refractivity contribution in [1.29, 1.82) is 0 Å². The summed E-state index contributed by atoms with van der Waals surface area (Å²) in [6, 6.07) is 6.87. The number of carbonyl (C=O) groups is 2. The highest BCUT2D eigenvalue weighted by Crippen LogP contribution is 2.51. The number of hydrogen-bond donors (Lipinski definition) is 2. The maximum Gasteiger partial charge on any atom is 0.339 e. The van der Waals surface area contributed by atoms with Gasteiger partial charge in [-0.15, -0.1) is 0 Å². The maximum atomic E-state index is 11.6. The molecule has 0 saturated carbocycles. The lowest BCUT2D eigenvalue weighted by Gasteiger charge is -2.36. The van der Waals surface area contributed by atoms with Gasteiger partial charge in [0.1, 0.15) is 22.6 Å². The van der Waals surface area contributed by atoms with Crippen LogP contribution in [0, 0.1) is 13.8 Å². The van der Waals surface area contributed by atoms with Crippen molar-refractivity contribution in [2.45, 2.75) is 33.1 Å². The third kappa shape index (κ3) is 2.24. The second-order valence-corrected chi connectivity index (χ2v) is 6.72. The Hall–Kier alpha value is -2.82. The molecule has 124 valence electrons. The molecule has 0 unspecified atom stereocenters. The third-order valence-corrected chi connectivity index (χ3v) is 4.48. The second kappa shape index (κ2) is 5.09. The Balaban J connectivity index is 2.39. The van der Waals surface area contributed by atoms with Crippen LogP contribution in [0.2, 0.25) is 0 Å². The summed E-state index contributed by atoms with van der Waals surface area (Å²) in [6.45, 7) is 7.56. The van der Waals surface area contributed by atoms with Crippen molar-refractivity contribution < 1.29 is 24.5 Å². The van der Waals surface area contributed by atoms with Gasteiger partial charge in [0, 0.05) is 16.5 Å². The SMILES string of the molecule is Cc1cc(C(=O)O)c2c(c1)C(C)(C)c1cc(C)cc(C(=O)O)c1O2. The number of rotatable bonds is 2. The Labute approximate surface area is 139 Å². The van der Waals surface area contributed by atoms with Gasteiger partial charge >= 0.3 is 11.9 Å². The first-order valence-electron chi connectivity index (χ1n) is 7.57. The molecule has 1 heterocycles. The number of aromatic carboxylic acids is 2. The number of aryl methyl sites for hydroxylation is 2. The topological polar surface area (TPSA) is 83.8 Å². The number of carboxylic acids is 2. The first-order chi connectivity index (χ1) is 11.1. The van der Waals surface area contributed by atoms with Crippen LogP contribution >= 0.6 is 0 Å². The van der Waals surface area contributed by atoms with Gasteiger partial charge in [0.25, 0.3) is 0 Å². The molecule has 5 nitrogen and oxygen atoms in total.